The number of hydrogen-bond acceptors (Lipinski definition) is 3. The number of carbonyl (C=O) groups is 1. The van der Waals surface area contributed by atoms with Gasteiger partial charge in [0.15, 0.2) is 0 Å². The Morgan fingerprint density at radius 2 is 1.81 bits per heavy atom. The highest BCUT2D eigenvalue weighted by Crippen LogP contribution is 2.35. The third kappa shape index (κ3) is 3.14. The molecule has 6 heteroatoms. The number of aryl methyl sites for hydroxylation is 1. The van der Waals surface area contributed by atoms with Crippen LogP contribution >= 0.6 is 0 Å². The second-order valence-corrected chi connectivity index (χ2v) is 6.05. The maximum absolute atomic E-state index is 13.0. The zero-order chi connectivity index (χ0) is 19.1. The van der Waals surface area contributed by atoms with Crippen molar-refractivity contribution in [3.63, 3.8) is 0 Å². The SMILES string of the molecule is COC(=O)c1c(C)c(-c2cccc(C(F)(F)F)c2)nc2ccc(C)cc12. The largest absolute Gasteiger partial charge is 0.465 e. The van der Waals surface area contributed by atoms with E-state index in [4.69, 9.17) is 4.74 Å². The molecular weight excluding hydrogens is 343 g/mol. The molecule has 0 spiro atoms. The highest BCUT2D eigenvalue weighted by Gasteiger charge is 2.31. The molecule has 0 fully saturated rings. The molecule has 0 radical (unpaired) electrons. The first kappa shape index (κ1) is 17.9. The summed E-state index contributed by atoms with van der Waals surface area (Å²) in [7, 11) is 1.27. The lowest BCUT2D eigenvalue weighted by Gasteiger charge is -2.15. The summed E-state index contributed by atoms with van der Waals surface area (Å²) in [4.78, 5) is 16.9. The summed E-state index contributed by atoms with van der Waals surface area (Å²) >= 11 is 0. The molecule has 3 nitrogen and oxygen atoms in total. The second kappa shape index (κ2) is 6.44. The Kier molecular flexibility index (Phi) is 4.44. The molecular formula is C20H16F3NO2. The average molecular weight is 359 g/mol. The minimum absolute atomic E-state index is 0.296. The van der Waals surface area contributed by atoms with Gasteiger partial charge in [0.2, 0.25) is 0 Å². The van der Waals surface area contributed by atoms with E-state index in [1.165, 1.54) is 13.2 Å². The number of halogens is 3. The van der Waals surface area contributed by atoms with Crippen LogP contribution in [0.15, 0.2) is 42.5 Å². The fourth-order valence-electron chi connectivity index (χ4n) is 2.96. The number of methoxy groups -OCH3 is 1. The van der Waals surface area contributed by atoms with Crippen molar-refractivity contribution in [3.05, 3.63) is 64.7 Å². The molecule has 0 aliphatic heterocycles. The number of rotatable bonds is 2. The topological polar surface area (TPSA) is 39.2 Å². The van der Waals surface area contributed by atoms with Gasteiger partial charge in [0.1, 0.15) is 0 Å². The monoisotopic (exact) mass is 359 g/mol. The molecule has 0 unspecified atom stereocenters. The van der Waals surface area contributed by atoms with Crippen molar-refractivity contribution in [2.45, 2.75) is 20.0 Å². The molecule has 0 aliphatic rings. The van der Waals surface area contributed by atoms with Crippen molar-refractivity contribution >= 4 is 16.9 Å². The molecule has 0 saturated carbocycles. The maximum atomic E-state index is 13.0. The molecule has 0 aliphatic carbocycles. The van der Waals surface area contributed by atoms with Crippen LogP contribution in [-0.2, 0) is 10.9 Å². The molecule has 26 heavy (non-hydrogen) atoms. The third-order valence-corrected chi connectivity index (χ3v) is 4.24. The number of fused-ring (bicyclic) bond motifs is 1. The number of aromatic nitrogens is 1. The summed E-state index contributed by atoms with van der Waals surface area (Å²) < 4.78 is 44.0. The smallest absolute Gasteiger partial charge is 0.416 e. The van der Waals surface area contributed by atoms with Gasteiger partial charge >= 0.3 is 12.1 Å². The minimum Gasteiger partial charge on any atom is -0.465 e. The van der Waals surface area contributed by atoms with Gasteiger partial charge in [-0.25, -0.2) is 9.78 Å². The van der Waals surface area contributed by atoms with E-state index in [2.05, 4.69) is 4.98 Å². The van der Waals surface area contributed by atoms with Crippen LogP contribution in [0, 0.1) is 13.8 Å². The van der Waals surface area contributed by atoms with Crippen LogP contribution < -0.4 is 0 Å². The zero-order valence-electron chi connectivity index (χ0n) is 14.4. The van der Waals surface area contributed by atoms with E-state index in [0.717, 1.165) is 17.7 Å². The lowest BCUT2D eigenvalue weighted by molar-refractivity contribution is -0.137. The Morgan fingerprint density at radius 3 is 2.46 bits per heavy atom. The molecule has 0 N–H and O–H groups in total. The van der Waals surface area contributed by atoms with Crippen molar-refractivity contribution in [1.82, 2.24) is 4.98 Å². The lowest BCUT2D eigenvalue weighted by atomic mass is 9.96. The van der Waals surface area contributed by atoms with Crippen LogP contribution in [0.2, 0.25) is 0 Å². The molecule has 0 amide bonds. The Morgan fingerprint density at radius 1 is 1.08 bits per heavy atom. The van der Waals surface area contributed by atoms with E-state index in [1.807, 2.05) is 19.1 Å². The number of nitrogens with zero attached hydrogens (tertiary/aromatic N) is 1. The van der Waals surface area contributed by atoms with Gasteiger partial charge in [-0.15, -0.1) is 0 Å². The Labute approximate surface area is 148 Å². The number of ether oxygens (including phenoxy) is 1. The molecule has 3 aromatic rings. The van der Waals surface area contributed by atoms with Crippen LogP contribution in [0.3, 0.4) is 0 Å². The molecule has 0 saturated heterocycles. The number of benzene rings is 2. The van der Waals surface area contributed by atoms with Crippen LogP contribution in [0.25, 0.3) is 22.2 Å². The summed E-state index contributed by atoms with van der Waals surface area (Å²) in [6.07, 6.45) is -4.46. The molecule has 2 aromatic carbocycles. The van der Waals surface area contributed by atoms with Gasteiger partial charge in [-0.05, 0) is 43.7 Å². The third-order valence-electron chi connectivity index (χ3n) is 4.24. The van der Waals surface area contributed by atoms with E-state index >= 15 is 0 Å². The normalized spacial score (nSPS) is 11.6. The summed E-state index contributed by atoms with van der Waals surface area (Å²) in [5.41, 5.74) is 2.12. The first-order valence-corrected chi connectivity index (χ1v) is 7.89. The molecule has 0 atom stereocenters. The van der Waals surface area contributed by atoms with Crippen LogP contribution in [-0.4, -0.2) is 18.1 Å². The predicted molar refractivity (Wildman–Crippen MR) is 93.0 cm³/mol. The van der Waals surface area contributed by atoms with Crippen LogP contribution in [0.1, 0.15) is 27.0 Å². The van der Waals surface area contributed by atoms with E-state index in [0.29, 0.717) is 33.3 Å². The van der Waals surface area contributed by atoms with Gasteiger partial charge in [0.25, 0.3) is 0 Å². The second-order valence-electron chi connectivity index (χ2n) is 6.05. The summed E-state index contributed by atoms with van der Waals surface area (Å²) in [5, 5.41) is 0.616. The lowest BCUT2D eigenvalue weighted by Crippen LogP contribution is -2.08. The van der Waals surface area contributed by atoms with Gasteiger partial charge in [-0.2, -0.15) is 13.2 Å². The number of esters is 1. The first-order valence-electron chi connectivity index (χ1n) is 7.89. The molecule has 0 bridgehead atoms. The summed E-state index contributed by atoms with van der Waals surface area (Å²) in [5.74, 6) is -0.547. The summed E-state index contributed by atoms with van der Waals surface area (Å²) in [6.45, 7) is 3.55. The molecule has 1 aromatic heterocycles. The van der Waals surface area contributed by atoms with Crippen LogP contribution in [0.4, 0.5) is 13.2 Å². The molecule has 1 heterocycles. The van der Waals surface area contributed by atoms with Gasteiger partial charge in [-0.3, -0.25) is 0 Å². The standard InChI is InChI=1S/C20H16F3NO2/c1-11-7-8-16-15(9-11)17(19(25)26-3)12(2)18(24-16)13-5-4-6-14(10-13)20(21,22)23/h4-10H,1-3H3. The Balaban J connectivity index is 2.33. The Hall–Kier alpha value is -2.89. The number of carbonyl (C=O) groups excluding carboxylic acids is 1. The predicted octanol–water partition coefficient (Wildman–Crippen LogP) is 5.32. The van der Waals surface area contributed by atoms with Crippen molar-refractivity contribution in [2.75, 3.05) is 7.11 Å². The first-order chi connectivity index (χ1) is 12.2. The van der Waals surface area contributed by atoms with E-state index in [-0.39, 0.29) is 0 Å². The zero-order valence-corrected chi connectivity index (χ0v) is 14.4. The maximum Gasteiger partial charge on any atom is 0.416 e. The van der Waals surface area contributed by atoms with Crippen LogP contribution in [0.5, 0.6) is 0 Å². The highest BCUT2D eigenvalue weighted by atomic mass is 19.4. The number of alkyl halides is 3. The van der Waals surface area contributed by atoms with Crippen molar-refractivity contribution in [1.29, 1.82) is 0 Å². The Bertz CT molecular complexity index is 1010. The van der Waals surface area contributed by atoms with Crippen molar-refractivity contribution < 1.29 is 22.7 Å². The van der Waals surface area contributed by atoms with Gasteiger partial charge < -0.3 is 4.74 Å². The molecule has 134 valence electrons. The summed E-state index contributed by atoms with van der Waals surface area (Å²) in [6, 6.07) is 10.3. The van der Waals surface area contributed by atoms with E-state index < -0.39 is 17.7 Å². The fourth-order valence-corrected chi connectivity index (χ4v) is 2.96. The molecule has 3 rings (SSSR count). The number of hydrogen-bond donors (Lipinski definition) is 0. The van der Waals surface area contributed by atoms with Gasteiger partial charge in [-0.1, -0.05) is 23.8 Å². The fraction of sp³-hybridized carbons (Fsp3) is 0.200. The highest BCUT2D eigenvalue weighted by molar-refractivity contribution is 6.06. The van der Waals surface area contributed by atoms with Crippen molar-refractivity contribution in [2.24, 2.45) is 0 Å². The van der Waals surface area contributed by atoms with E-state index in [9.17, 15) is 18.0 Å². The van der Waals surface area contributed by atoms with Crippen molar-refractivity contribution in [3.8, 4) is 11.3 Å². The number of pyridine rings is 1. The quantitative estimate of drug-likeness (QED) is 0.581. The van der Waals surface area contributed by atoms with Gasteiger partial charge in [0, 0.05) is 10.9 Å². The minimum atomic E-state index is -4.46. The average Bonchev–Trinajstić information content (AvgIpc) is 2.60. The van der Waals surface area contributed by atoms with Gasteiger partial charge in [0.05, 0.1) is 29.4 Å². The van der Waals surface area contributed by atoms with E-state index in [1.54, 1.807) is 19.1 Å².